The molecule has 0 amide bonds. The van der Waals surface area contributed by atoms with Gasteiger partial charge in [0, 0.05) is 32.9 Å². The molecule has 0 saturated carbocycles. The number of anilines is 1. The lowest BCUT2D eigenvalue weighted by atomic mass is 10.1. The van der Waals surface area contributed by atoms with Crippen molar-refractivity contribution >= 4 is 11.8 Å². The van der Waals surface area contributed by atoms with Gasteiger partial charge in [0.15, 0.2) is 0 Å². The largest absolute Gasteiger partial charge is 0.378 e. The summed E-state index contributed by atoms with van der Waals surface area (Å²) >= 11 is 0. The molecule has 1 aliphatic heterocycles. The monoisotopic (exact) mass is 280 g/mol. The van der Waals surface area contributed by atoms with Gasteiger partial charge in [-0.2, -0.15) is 0 Å². The Balaban J connectivity index is 1.89. The van der Waals surface area contributed by atoms with Gasteiger partial charge in [0.25, 0.3) is 0 Å². The van der Waals surface area contributed by atoms with E-state index in [-0.39, 0.29) is 0 Å². The van der Waals surface area contributed by atoms with E-state index in [1.54, 1.807) is 0 Å². The Hall–Kier alpha value is -2.22. The van der Waals surface area contributed by atoms with Crippen molar-refractivity contribution in [2.45, 2.75) is 6.92 Å². The van der Waals surface area contributed by atoms with E-state index in [2.05, 4.69) is 97.7 Å². The van der Waals surface area contributed by atoms with Gasteiger partial charge in [-0.15, -0.1) is 0 Å². The molecule has 0 aromatic heterocycles. The van der Waals surface area contributed by atoms with Gasteiger partial charge in [0.05, 0.1) is 0 Å². The summed E-state index contributed by atoms with van der Waals surface area (Å²) in [5, 5.41) is 0. The fourth-order valence-electron chi connectivity index (χ4n) is 2.12. The predicted octanol–water partition coefficient (Wildman–Crippen LogP) is 4.10. The fourth-order valence-corrected chi connectivity index (χ4v) is 2.12. The molecule has 2 rings (SSSR count). The van der Waals surface area contributed by atoms with Gasteiger partial charge in [-0.25, -0.2) is 0 Å². The van der Waals surface area contributed by atoms with Crippen molar-refractivity contribution in [2.75, 3.05) is 32.1 Å². The normalized spacial score (nSPS) is 15.0. The first-order valence-electron chi connectivity index (χ1n) is 7.43. The van der Waals surface area contributed by atoms with E-state index in [4.69, 9.17) is 0 Å². The Kier molecular flexibility index (Phi) is 5.44. The van der Waals surface area contributed by atoms with Crippen molar-refractivity contribution in [3.05, 3.63) is 72.0 Å². The second-order valence-electron chi connectivity index (χ2n) is 5.31. The Morgan fingerprint density at radius 3 is 2.38 bits per heavy atom. The summed E-state index contributed by atoms with van der Waals surface area (Å²) in [5.74, 6) is 0. The lowest BCUT2D eigenvalue weighted by Crippen LogP contribution is -2.18. The quantitative estimate of drug-likeness (QED) is 0.749. The lowest BCUT2D eigenvalue weighted by Gasteiger charge is -2.19. The summed E-state index contributed by atoms with van der Waals surface area (Å²) in [5.41, 5.74) is 3.71. The van der Waals surface area contributed by atoms with Crippen LogP contribution < -0.4 is 4.90 Å². The summed E-state index contributed by atoms with van der Waals surface area (Å²) in [7, 11) is 4.11. The molecule has 2 heteroatoms. The van der Waals surface area contributed by atoms with Gasteiger partial charge in [-0.05, 0) is 42.5 Å². The van der Waals surface area contributed by atoms with Crippen LogP contribution in [0.3, 0.4) is 0 Å². The average Bonchev–Trinajstić information content (AvgIpc) is 2.52. The van der Waals surface area contributed by atoms with Crippen molar-refractivity contribution in [1.82, 2.24) is 4.90 Å². The molecule has 0 aliphatic carbocycles. The number of rotatable bonds is 5. The van der Waals surface area contributed by atoms with Gasteiger partial charge >= 0.3 is 0 Å². The maximum atomic E-state index is 2.28. The molecular formula is C19H24N2. The standard InChI is InChI=1S/C19H24N2/c1-4-21-15-13-18(14-16-21)8-6-5-7-17-9-11-19(12-10-17)20(2)3/h5-15H,4,16H2,1-3H3. The fraction of sp³-hybridized carbons (Fsp3) is 0.263. The molecule has 1 aromatic rings. The smallest absolute Gasteiger partial charge is 0.0362 e. The van der Waals surface area contributed by atoms with Crippen LogP contribution in [-0.4, -0.2) is 32.1 Å². The van der Waals surface area contributed by atoms with Crippen LogP contribution in [0.1, 0.15) is 12.5 Å². The van der Waals surface area contributed by atoms with Crippen molar-refractivity contribution in [1.29, 1.82) is 0 Å². The molecule has 1 aromatic carbocycles. The first-order chi connectivity index (χ1) is 10.2. The molecular weight excluding hydrogens is 256 g/mol. The molecule has 0 bridgehead atoms. The third kappa shape index (κ3) is 4.67. The Morgan fingerprint density at radius 1 is 1.10 bits per heavy atom. The van der Waals surface area contributed by atoms with Crippen LogP contribution in [0, 0.1) is 0 Å². The van der Waals surface area contributed by atoms with E-state index < -0.39 is 0 Å². The van der Waals surface area contributed by atoms with E-state index >= 15 is 0 Å². The predicted molar refractivity (Wildman–Crippen MR) is 93.4 cm³/mol. The Morgan fingerprint density at radius 2 is 1.81 bits per heavy atom. The molecule has 110 valence electrons. The molecule has 0 N–H and O–H groups in total. The first kappa shape index (κ1) is 15.2. The van der Waals surface area contributed by atoms with Crippen molar-refractivity contribution in [3.8, 4) is 0 Å². The molecule has 0 saturated heterocycles. The van der Waals surface area contributed by atoms with Crippen molar-refractivity contribution < 1.29 is 0 Å². The molecule has 0 atom stereocenters. The third-order valence-corrected chi connectivity index (χ3v) is 3.54. The number of hydrogen-bond acceptors (Lipinski definition) is 2. The van der Waals surface area contributed by atoms with E-state index in [1.807, 2.05) is 0 Å². The van der Waals surface area contributed by atoms with Gasteiger partial charge in [0.1, 0.15) is 0 Å². The minimum atomic E-state index is 1.00. The van der Waals surface area contributed by atoms with Gasteiger partial charge in [-0.3, -0.25) is 0 Å². The van der Waals surface area contributed by atoms with Crippen LogP contribution in [0.5, 0.6) is 0 Å². The van der Waals surface area contributed by atoms with Crippen LogP contribution in [0.25, 0.3) is 6.08 Å². The van der Waals surface area contributed by atoms with Gasteiger partial charge in [0.2, 0.25) is 0 Å². The average molecular weight is 280 g/mol. The number of likely N-dealkylation sites (N-methyl/N-ethyl adjacent to an activating group) is 1. The van der Waals surface area contributed by atoms with E-state index in [9.17, 15) is 0 Å². The highest BCUT2D eigenvalue weighted by Crippen LogP contribution is 2.13. The van der Waals surface area contributed by atoms with E-state index in [1.165, 1.54) is 16.8 Å². The number of allylic oxidation sites excluding steroid dienone is 5. The number of hydrogen-bond donors (Lipinski definition) is 0. The summed E-state index contributed by atoms with van der Waals surface area (Å²) in [6.07, 6.45) is 15.0. The van der Waals surface area contributed by atoms with Gasteiger partial charge in [-0.1, -0.05) is 42.5 Å². The van der Waals surface area contributed by atoms with Crippen molar-refractivity contribution in [3.63, 3.8) is 0 Å². The summed E-state index contributed by atoms with van der Waals surface area (Å²) in [6, 6.07) is 8.54. The van der Waals surface area contributed by atoms with Crippen LogP contribution in [0.15, 0.2) is 66.4 Å². The zero-order valence-electron chi connectivity index (χ0n) is 13.2. The van der Waals surface area contributed by atoms with Crippen LogP contribution in [0.4, 0.5) is 5.69 Å². The van der Waals surface area contributed by atoms with Crippen LogP contribution in [0.2, 0.25) is 0 Å². The molecule has 1 aliphatic rings. The number of benzene rings is 1. The number of nitrogens with zero attached hydrogens (tertiary/aromatic N) is 2. The zero-order valence-corrected chi connectivity index (χ0v) is 13.2. The molecule has 0 unspecified atom stereocenters. The molecule has 0 spiro atoms. The SMILES string of the molecule is CCN1C=CC(C=CC=Cc2ccc(N(C)C)cc2)=CC1. The van der Waals surface area contributed by atoms with E-state index in [0.717, 1.165) is 13.1 Å². The maximum Gasteiger partial charge on any atom is 0.0362 e. The highest BCUT2D eigenvalue weighted by Gasteiger charge is 1.98. The Labute approximate surface area is 128 Å². The summed E-state index contributed by atoms with van der Waals surface area (Å²) in [4.78, 5) is 4.38. The molecule has 21 heavy (non-hydrogen) atoms. The Bertz CT molecular complexity index is 560. The summed E-state index contributed by atoms with van der Waals surface area (Å²) < 4.78 is 0. The topological polar surface area (TPSA) is 6.48 Å². The third-order valence-electron chi connectivity index (χ3n) is 3.54. The molecule has 0 fully saturated rings. The van der Waals surface area contributed by atoms with Crippen LogP contribution in [-0.2, 0) is 0 Å². The second-order valence-corrected chi connectivity index (χ2v) is 5.31. The minimum Gasteiger partial charge on any atom is -0.378 e. The second kappa shape index (κ2) is 7.53. The molecule has 2 nitrogen and oxygen atoms in total. The molecule has 0 radical (unpaired) electrons. The lowest BCUT2D eigenvalue weighted by molar-refractivity contribution is 0.434. The van der Waals surface area contributed by atoms with Crippen molar-refractivity contribution in [2.24, 2.45) is 0 Å². The zero-order chi connectivity index (χ0) is 15.1. The minimum absolute atomic E-state index is 1.00. The first-order valence-corrected chi connectivity index (χ1v) is 7.43. The highest BCUT2D eigenvalue weighted by molar-refractivity contribution is 5.56. The summed E-state index contributed by atoms with van der Waals surface area (Å²) in [6.45, 7) is 4.23. The maximum absolute atomic E-state index is 2.28. The van der Waals surface area contributed by atoms with E-state index in [0.29, 0.717) is 0 Å². The molecule has 1 heterocycles. The highest BCUT2D eigenvalue weighted by atomic mass is 15.1. The van der Waals surface area contributed by atoms with Crippen LogP contribution >= 0.6 is 0 Å². The van der Waals surface area contributed by atoms with Gasteiger partial charge < -0.3 is 9.80 Å².